The lowest BCUT2D eigenvalue weighted by molar-refractivity contribution is -0.115. The number of carbonyl (C=O) groups is 1. The van der Waals surface area contributed by atoms with Crippen molar-refractivity contribution >= 4 is 17.4 Å². The van der Waals surface area contributed by atoms with Gasteiger partial charge in [-0.2, -0.15) is 0 Å². The maximum absolute atomic E-state index is 12.2. The van der Waals surface area contributed by atoms with E-state index in [0.717, 1.165) is 56.3 Å². The minimum atomic E-state index is -0.0366. The molecule has 1 aliphatic rings. The molecule has 6 heteroatoms. The standard InChI is InChI=1S/C20H26N4O2/c1-16-3-2-4-17(13-16)14-20(25)23-18-5-6-19(22-15-18)21-7-8-24-9-11-26-12-10-24/h2-6,13,15H,7-12,14H2,1H3,(H,21,22)(H,23,25). The van der Waals surface area contributed by atoms with Crippen molar-refractivity contribution in [2.75, 3.05) is 50.0 Å². The Morgan fingerprint density at radius 1 is 1.23 bits per heavy atom. The normalized spacial score (nSPS) is 14.8. The number of amides is 1. The summed E-state index contributed by atoms with van der Waals surface area (Å²) in [5, 5.41) is 6.21. The highest BCUT2D eigenvalue weighted by Gasteiger charge is 2.09. The molecule has 2 N–H and O–H groups in total. The molecule has 3 rings (SSSR count). The van der Waals surface area contributed by atoms with E-state index in [0.29, 0.717) is 12.1 Å². The zero-order valence-corrected chi connectivity index (χ0v) is 15.2. The fourth-order valence-corrected chi connectivity index (χ4v) is 2.95. The number of aryl methyl sites for hydroxylation is 1. The molecule has 1 aliphatic heterocycles. The average Bonchev–Trinajstić information content (AvgIpc) is 2.64. The number of hydrogen-bond donors (Lipinski definition) is 2. The van der Waals surface area contributed by atoms with Crippen molar-refractivity contribution in [1.82, 2.24) is 9.88 Å². The number of aromatic nitrogens is 1. The first-order chi connectivity index (χ1) is 12.7. The highest BCUT2D eigenvalue weighted by atomic mass is 16.5. The lowest BCUT2D eigenvalue weighted by Gasteiger charge is -2.26. The van der Waals surface area contributed by atoms with Crippen molar-refractivity contribution in [2.45, 2.75) is 13.3 Å². The van der Waals surface area contributed by atoms with Crippen LogP contribution in [0.2, 0.25) is 0 Å². The van der Waals surface area contributed by atoms with Crippen LogP contribution in [0.15, 0.2) is 42.6 Å². The van der Waals surface area contributed by atoms with Gasteiger partial charge in [-0.25, -0.2) is 4.98 Å². The van der Waals surface area contributed by atoms with Crippen LogP contribution >= 0.6 is 0 Å². The summed E-state index contributed by atoms with van der Waals surface area (Å²) in [6, 6.07) is 11.7. The molecule has 1 fully saturated rings. The number of morpholine rings is 1. The van der Waals surface area contributed by atoms with Crippen LogP contribution in [0, 0.1) is 6.92 Å². The van der Waals surface area contributed by atoms with Crippen LogP contribution in [-0.2, 0) is 16.0 Å². The first-order valence-electron chi connectivity index (χ1n) is 9.04. The molecule has 0 saturated carbocycles. The van der Waals surface area contributed by atoms with Gasteiger partial charge in [0.15, 0.2) is 0 Å². The number of rotatable bonds is 7. The molecule has 138 valence electrons. The maximum atomic E-state index is 12.2. The SMILES string of the molecule is Cc1cccc(CC(=O)Nc2ccc(NCCN3CCOCC3)nc2)c1. The second kappa shape index (κ2) is 9.31. The molecular weight excluding hydrogens is 328 g/mol. The van der Waals surface area contributed by atoms with Crippen molar-refractivity contribution in [2.24, 2.45) is 0 Å². The second-order valence-corrected chi connectivity index (χ2v) is 6.53. The quantitative estimate of drug-likeness (QED) is 0.799. The molecule has 0 unspecified atom stereocenters. The molecule has 1 aromatic carbocycles. The third-order valence-electron chi connectivity index (χ3n) is 4.33. The minimum Gasteiger partial charge on any atom is -0.379 e. The number of hydrogen-bond acceptors (Lipinski definition) is 5. The Balaban J connectivity index is 1.42. The Morgan fingerprint density at radius 3 is 2.81 bits per heavy atom. The average molecular weight is 354 g/mol. The Bertz CT molecular complexity index is 712. The lowest BCUT2D eigenvalue weighted by atomic mass is 10.1. The van der Waals surface area contributed by atoms with Gasteiger partial charge in [0.1, 0.15) is 5.82 Å². The van der Waals surface area contributed by atoms with Crippen LogP contribution in [0.1, 0.15) is 11.1 Å². The van der Waals surface area contributed by atoms with E-state index in [1.165, 1.54) is 0 Å². The number of ether oxygens (including phenoxy) is 1. The lowest BCUT2D eigenvalue weighted by Crippen LogP contribution is -2.39. The summed E-state index contributed by atoms with van der Waals surface area (Å²) in [7, 11) is 0. The number of nitrogens with zero attached hydrogens (tertiary/aromatic N) is 2. The van der Waals surface area contributed by atoms with E-state index >= 15 is 0 Å². The summed E-state index contributed by atoms with van der Waals surface area (Å²) >= 11 is 0. The summed E-state index contributed by atoms with van der Waals surface area (Å²) in [6.07, 6.45) is 2.05. The van der Waals surface area contributed by atoms with Crippen molar-refractivity contribution in [3.8, 4) is 0 Å². The van der Waals surface area contributed by atoms with Crippen molar-refractivity contribution < 1.29 is 9.53 Å². The van der Waals surface area contributed by atoms with Crippen LogP contribution in [-0.4, -0.2) is 55.2 Å². The molecule has 0 aliphatic carbocycles. The van der Waals surface area contributed by atoms with Gasteiger partial charge in [0.05, 0.1) is 31.5 Å². The predicted molar refractivity (Wildman–Crippen MR) is 103 cm³/mol. The third kappa shape index (κ3) is 5.82. The van der Waals surface area contributed by atoms with Gasteiger partial charge < -0.3 is 15.4 Å². The molecule has 1 saturated heterocycles. The fraction of sp³-hybridized carbons (Fsp3) is 0.400. The first-order valence-corrected chi connectivity index (χ1v) is 9.04. The summed E-state index contributed by atoms with van der Waals surface area (Å²) < 4.78 is 5.34. The second-order valence-electron chi connectivity index (χ2n) is 6.53. The maximum Gasteiger partial charge on any atom is 0.228 e. The molecule has 2 heterocycles. The summed E-state index contributed by atoms with van der Waals surface area (Å²) in [5.74, 6) is 0.778. The molecule has 0 radical (unpaired) electrons. The molecule has 0 bridgehead atoms. The van der Waals surface area contributed by atoms with Gasteiger partial charge >= 0.3 is 0 Å². The van der Waals surface area contributed by atoms with Gasteiger partial charge in [-0.3, -0.25) is 9.69 Å². The Hall–Kier alpha value is -2.44. The van der Waals surface area contributed by atoms with E-state index in [4.69, 9.17) is 4.74 Å². The van der Waals surface area contributed by atoms with Gasteiger partial charge in [-0.15, -0.1) is 0 Å². The Kier molecular flexibility index (Phi) is 6.57. The highest BCUT2D eigenvalue weighted by molar-refractivity contribution is 5.92. The number of pyridine rings is 1. The monoisotopic (exact) mass is 354 g/mol. The zero-order valence-electron chi connectivity index (χ0n) is 15.2. The molecule has 1 amide bonds. The third-order valence-corrected chi connectivity index (χ3v) is 4.33. The van der Waals surface area contributed by atoms with Gasteiger partial charge in [0, 0.05) is 26.2 Å². The van der Waals surface area contributed by atoms with Gasteiger partial charge in [-0.05, 0) is 24.6 Å². The molecular formula is C20H26N4O2. The van der Waals surface area contributed by atoms with Gasteiger partial charge in [0.25, 0.3) is 0 Å². The molecule has 0 atom stereocenters. The number of anilines is 2. The molecule has 6 nitrogen and oxygen atoms in total. The van der Waals surface area contributed by atoms with Crippen LogP contribution in [0.4, 0.5) is 11.5 Å². The van der Waals surface area contributed by atoms with E-state index in [2.05, 4.69) is 20.5 Å². The zero-order chi connectivity index (χ0) is 18.2. The van der Waals surface area contributed by atoms with E-state index in [9.17, 15) is 4.79 Å². The number of carbonyl (C=O) groups excluding carboxylic acids is 1. The molecule has 0 spiro atoms. The predicted octanol–water partition coefficient (Wildman–Crippen LogP) is 2.32. The van der Waals surface area contributed by atoms with Crippen LogP contribution in [0.3, 0.4) is 0 Å². The van der Waals surface area contributed by atoms with Crippen molar-refractivity contribution in [3.05, 3.63) is 53.7 Å². The van der Waals surface area contributed by atoms with E-state index in [-0.39, 0.29) is 5.91 Å². The number of nitrogens with one attached hydrogen (secondary N) is 2. The summed E-state index contributed by atoms with van der Waals surface area (Å²) in [6.45, 7) is 7.44. The summed E-state index contributed by atoms with van der Waals surface area (Å²) in [5.41, 5.74) is 2.88. The largest absolute Gasteiger partial charge is 0.379 e. The highest BCUT2D eigenvalue weighted by Crippen LogP contribution is 2.11. The van der Waals surface area contributed by atoms with Crippen molar-refractivity contribution in [1.29, 1.82) is 0 Å². The molecule has 1 aromatic heterocycles. The van der Waals surface area contributed by atoms with E-state index in [1.54, 1.807) is 6.20 Å². The Morgan fingerprint density at radius 2 is 2.08 bits per heavy atom. The smallest absolute Gasteiger partial charge is 0.228 e. The minimum absolute atomic E-state index is 0.0366. The topological polar surface area (TPSA) is 66.5 Å². The Labute approximate surface area is 154 Å². The fourth-order valence-electron chi connectivity index (χ4n) is 2.95. The number of benzene rings is 1. The summed E-state index contributed by atoms with van der Waals surface area (Å²) in [4.78, 5) is 18.9. The van der Waals surface area contributed by atoms with Crippen LogP contribution in [0.25, 0.3) is 0 Å². The van der Waals surface area contributed by atoms with Gasteiger partial charge in [-0.1, -0.05) is 29.8 Å². The van der Waals surface area contributed by atoms with Crippen LogP contribution in [0.5, 0.6) is 0 Å². The van der Waals surface area contributed by atoms with Crippen molar-refractivity contribution in [3.63, 3.8) is 0 Å². The van der Waals surface area contributed by atoms with Gasteiger partial charge in [0.2, 0.25) is 5.91 Å². The van der Waals surface area contributed by atoms with E-state index in [1.807, 2.05) is 43.3 Å². The van der Waals surface area contributed by atoms with Crippen LogP contribution < -0.4 is 10.6 Å². The van der Waals surface area contributed by atoms with E-state index < -0.39 is 0 Å². The molecule has 2 aromatic rings. The molecule has 26 heavy (non-hydrogen) atoms. The first kappa shape index (κ1) is 18.4.